The van der Waals surface area contributed by atoms with Gasteiger partial charge in [-0.15, -0.1) is 0 Å². The van der Waals surface area contributed by atoms with Crippen molar-refractivity contribution in [1.82, 2.24) is 4.98 Å². The van der Waals surface area contributed by atoms with Crippen LogP contribution in [0.15, 0.2) is 60.8 Å². The highest BCUT2D eigenvalue weighted by Crippen LogP contribution is 2.31. The first-order valence-corrected chi connectivity index (χ1v) is 7.99. The Morgan fingerprint density at radius 3 is 2.71 bits per heavy atom. The Morgan fingerprint density at radius 2 is 1.88 bits per heavy atom. The van der Waals surface area contributed by atoms with Crippen LogP contribution in [0.2, 0.25) is 5.02 Å². The van der Waals surface area contributed by atoms with Gasteiger partial charge in [0.1, 0.15) is 12.4 Å². The fourth-order valence-electron chi connectivity index (χ4n) is 2.84. The first-order valence-electron chi connectivity index (χ1n) is 7.61. The zero-order chi connectivity index (χ0) is 16.5. The molecular formula is C20H14ClNO2. The van der Waals surface area contributed by atoms with E-state index in [9.17, 15) is 4.79 Å². The summed E-state index contributed by atoms with van der Waals surface area (Å²) >= 11 is 6.28. The van der Waals surface area contributed by atoms with Crippen molar-refractivity contribution in [2.45, 2.75) is 6.61 Å². The van der Waals surface area contributed by atoms with Gasteiger partial charge in [0.05, 0.1) is 5.02 Å². The van der Waals surface area contributed by atoms with Crippen LogP contribution < -0.4 is 4.74 Å². The van der Waals surface area contributed by atoms with E-state index in [0.29, 0.717) is 22.9 Å². The van der Waals surface area contributed by atoms with Gasteiger partial charge in [0.25, 0.3) is 0 Å². The molecule has 4 aromatic rings. The van der Waals surface area contributed by atoms with Crippen LogP contribution in [0.4, 0.5) is 0 Å². The highest BCUT2D eigenvalue weighted by Gasteiger charge is 2.09. The molecule has 0 saturated heterocycles. The number of ether oxygens (including phenoxy) is 1. The van der Waals surface area contributed by atoms with Crippen LogP contribution in [-0.2, 0) is 6.61 Å². The number of rotatable bonds is 4. The number of carbonyl (C=O) groups excluding carboxylic acids is 1. The van der Waals surface area contributed by atoms with Gasteiger partial charge in [-0.3, -0.25) is 4.79 Å². The van der Waals surface area contributed by atoms with Gasteiger partial charge in [0.2, 0.25) is 0 Å². The molecule has 0 amide bonds. The average molecular weight is 336 g/mol. The number of hydrogen-bond acceptors (Lipinski definition) is 2. The Morgan fingerprint density at radius 1 is 1.04 bits per heavy atom. The van der Waals surface area contributed by atoms with Gasteiger partial charge in [0, 0.05) is 22.7 Å². The molecule has 0 fully saturated rings. The van der Waals surface area contributed by atoms with Gasteiger partial charge >= 0.3 is 0 Å². The number of carbonyl (C=O) groups is 1. The van der Waals surface area contributed by atoms with E-state index < -0.39 is 0 Å². The second kappa shape index (κ2) is 6.02. The number of aldehydes is 1. The van der Waals surface area contributed by atoms with E-state index in [4.69, 9.17) is 16.3 Å². The Hall–Kier alpha value is -2.78. The number of aromatic nitrogens is 1. The minimum atomic E-state index is 0.414. The number of halogens is 1. The van der Waals surface area contributed by atoms with Crippen molar-refractivity contribution in [3.8, 4) is 5.75 Å². The standard InChI is InChI=1S/C20H14ClNO2/c21-18-9-19-17(16(11-23)10-22-19)8-20(18)24-12-13-5-6-14-3-1-2-4-15(14)7-13/h1-11,22H,12H2. The summed E-state index contributed by atoms with van der Waals surface area (Å²) in [6, 6.07) is 18.0. The summed E-state index contributed by atoms with van der Waals surface area (Å²) < 4.78 is 5.89. The molecule has 0 unspecified atom stereocenters. The number of hydrogen-bond donors (Lipinski definition) is 1. The van der Waals surface area contributed by atoms with Crippen molar-refractivity contribution in [3.05, 3.63) is 76.9 Å². The second-order valence-electron chi connectivity index (χ2n) is 5.66. The topological polar surface area (TPSA) is 42.1 Å². The van der Waals surface area contributed by atoms with Gasteiger partial charge in [0.15, 0.2) is 6.29 Å². The number of fused-ring (bicyclic) bond motifs is 2. The predicted octanol–water partition coefficient (Wildman–Crippen LogP) is 5.37. The third-order valence-corrected chi connectivity index (χ3v) is 4.40. The molecule has 1 N–H and O–H groups in total. The fourth-order valence-corrected chi connectivity index (χ4v) is 3.06. The zero-order valence-corrected chi connectivity index (χ0v) is 13.5. The van der Waals surface area contributed by atoms with Crippen molar-refractivity contribution >= 4 is 39.6 Å². The molecule has 0 aliphatic heterocycles. The van der Waals surface area contributed by atoms with Gasteiger partial charge < -0.3 is 9.72 Å². The third-order valence-electron chi connectivity index (χ3n) is 4.10. The molecule has 1 aromatic heterocycles. The largest absolute Gasteiger partial charge is 0.487 e. The Balaban J connectivity index is 1.63. The third kappa shape index (κ3) is 2.63. The number of nitrogens with one attached hydrogen (secondary N) is 1. The van der Waals surface area contributed by atoms with E-state index in [-0.39, 0.29) is 0 Å². The van der Waals surface area contributed by atoms with Crippen LogP contribution in [0.1, 0.15) is 15.9 Å². The zero-order valence-electron chi connectivity index (χ0n) is 12.8. The van der Waals surface area contributed by atoms with E-state index in [1.54, 1.807) is 18.3 Å². The Labute approximate surface area is 143 Å². The lowest BCUT2D eigenvalue weighted by atomic mass is 10.1. The first kappa shape index (κ1) is 14.8. The molecule has 0 atom stereocenters. The number of H-pyrrole nitrogens is 1. The summed E-state index contributed by atoms with van der Waals surface area (Å²) in [7, 11) is 0. The molecule has 0 aliphatic carbocycles. The summed E-state index contributed by atoms with van der Waals surface area (Å²) in [6.45, 7) is 0.414. The molecule has 4 rings (SSSR count). The van der Waals surface area contributed by atoms with Crippen LogP contribution in [0.25, 0.3) is 21.7 Å². The number of benzene rings is 3. The minimum absolute atomic E-state index is 0.414. The molecule has 0 saturated carbocycles. The molecule has 0 bridgehead atoms. The van der Waals surface area contributed by atoms with E-state index in [2.05, 4.69) is 29.2 Å². The van der Waals surface area contributed by atoms with Crippen LogP contribution in [0.5, 0.6) is 5.75 Å². The highest BCUT2D eigenvalue weighted by atomic mass is 35.5. The average Bonchev–Trinajstić information content (AvgIpc) is 3.01. The SMILES string of the molecule is O=Cc1c[nH]c2cc(Cl)c(OCc3ccc4ccccc4c3)cc12. The van der Waals surface area contributed by atoms with E-state index >= 15 is 0 Å². The Bertz CT molecular complexity index is 1050. The normalized spacial score (nSPS) is 11.0. The maximum absolute atomic E-state index is 11.1. The lowest BCUT2D eigenvalue weighted by Crippen LogP contribution is -1.96. The molecule has 24 heavy (non-hydrogen) atoms. The maximum atomic E-state index is 11.1. The van der Waals surface area contributed by atoms with Gasteiger partial charge in [-0.2, -0.15) is 0 Å². The molecule has 3 nitrogen and oxygen atoms in total. The lowest BCUT2D eigenvalue weighted by molar-refractivity contribution is 0.112. The number of aromatic amines is 1. The molecule has 4 heteroatoms. The van der Waals surface area contributed by atoms with Gasteiger partial charge in [-0.25, -0.2) is 0 Å². The minimum Gasteiger partial charge on any atom is -0.487 e. The monoisotopic (exact) mass is 335 g/mol. The van der Waals surface area contributed by atoms with Crippen molar-refractivity contribution in [2.75, 3.05) is 0 Å². The van der Waals surface area contributed by atoms with Crippen LogP contribution in [-0.4, -0.2) is 11.3 Å². The van der Waals surface area contributed by atoms with Crippen molar-refractivity contribution in [3.63, 3.8) is 0 Å². The molecule has 0 spiro atoms. The molecule has 1 heterocycles. The lowest BCUT2D eigenvalue weighted by Gasteiger charge is -2.09. The summed E-state index contributed by atoms with van der Waals surface area (Å²) in [4.78, 5) is 14.1. The van der Waals surface area contributed by atoms with Crippen LogP contribution in [0, 0.1) is 0 Å². The predicted molar refractivity (Wildman–Crippen MR) is 97.0 cm³/mol. The quantitative estimate of drug-likeness (QED) is 0.510. The Kier molecular flexibility index (Phi) is 3.71. The summed E-state index contributed by atoms with van der Waals surface area (Å²) in [5, 5.41) is 3.70. The highest BCUT2D eigenvalue weighted by molar-refractivity contribution is 6.33. The van der Waals surface area contributed by atoms with Crippen LogP contribution in [0.3, 0.4) is 0 Å². The second-order valence-corrected chi connectivity index (χ2v) is 6.07. The smallest absolute Gasteiger partial charge is 0.152 e. The summed E-state index contributed by atoms with van der Waals surface area (Å²) in [5.74, 6) is 0.569. The molecule has 3 aromatic carbocycles. The van der Waals surface area contributed by atoms with Gasteiger partial charge in [-0.1, -0.05) is 48.0 Å². The summed E-state index contributed by atoms with van der Waals surface area (Å²) in [5.41, 5.74) is 2.48. The maximum Gasteiger partial charge on any atom is 0.152 e. The molecule has 0 aliphatic rings. The first-order chi connectivity index (χ1) is 11.7. The van der Waals surface area contributed by atoms with Gasteiger partial charge in [-0.05, 0) is 34.5 Å². The molecule has 118 valence electrons. The molecular weight excluding hydrogens is 322 g/mol. The van der Waals surface area contributed by atoms with Crippen molar-refractivity contribution in [2.24, 2.45) is 0 Å². The fraction of sp³-hybridized carbons (Fsp3) is 0.0500. The van der Waals surface area contributed by atoms with Crippen molar-refractivity contribution < 1.29 is 9.53 Å². The van der Waals surface area contributed by atoms with Crippen LogP contribution >= 0.6 is 11.6 Å². The molecule has 0 radical (unpaired) electrons. The van der Waals surface area contributed by atoms with E-state index in [1.165, 1.54) is 10.8 Å². The summed E-state index contributed by atoms with van der Waals surface area (Å²) in [6.07, 6.45) is 2.49. The van der Waals surface area contributed by atoms with Crippen molar-refractivity contribution in [1.29, 1.82) is 0 Å². The van der Waals surface area contributed by atoms with E-state index in [1.807, 2.05) is 18.2 Å². The van der Waals surface area contributed by atoms with E-state index in [0.717, 1.165) is 22.8 Å².